The van der Waals surface area contributed by atoms with Crippen molar-refractivity contribution in [1.29, 1.82) is 0 Å². The Balaban J connectivity index is 1.61. The highest BCUT2D eigenvalue weighted by molar-refractivity contribution is 5.91. The quantitative estimate of drug-likeness (QED) is 0.855. The Bertz CT molecular complexity index is 771. The molecule has 0 radical (unpaired) electrons. The Morgan fingerprint density at radius 1 is 1.42 bits per heavy atom. The summed E-state index contributed by atoms with van der Waals surface area (Å²) in [5, 5.41) is 6.87. The van der Waals surface area contributed by atoms with E-state index in [9.17, 15) is 9.18 Å². The van der Waals surface area contributed by atoms with Gasteiger partial charge in [0.2, 0.25) is 5.91 Å². The molecule has 1 aromatic heterocycles. The fourth-order valence-electron chi connectivity index (χ4n) is 3.68. The molecule has 0 aliphatic carbocycles. The van der Waals surface area contributed by atoms with Gasteiger partial charge in [-0.15, -0.1) is 0 Å². The maximum atomic E-state index is 14.6. The lowest BCUT2D eigenvalue weighted by Crippen LogP contribution is -2.33. The number of aromatic nitrogens is 2. The van der Waals surface area contributed by atoms with Crippen LogP contribution in [0.4, 0.5) is 15.8 Å². The summed E-state index contributed by atoms with van der Waals surface area (Å²) in [6, 6.07) is 5.37. The van der Waals surface area contributed by atoms with Gasteiger partial charge in [-0.05, 0) is 48.9 Å². The van der Waals surface area contributed by atoms with E-state index in [1.807, 2.05) is 13.2 Å². The first-order chi connectivity index (χ1) is 12.4. The smallest absolute Gasteiger partial charge is 0.224 e. The highest BCUT2D eigenvalue weighted by Crippen LogP contribution is 2.32. The van der Waals surface area contributed by atoms with Crippen LogP contribution < -0.4 is 10.2 Å². The van der Waals surface area contributed by atoms with E-state index < -0.39 is 0 Å². The highest BCUT2D eigenvalue weighted by Gasteiger charge is 2.28. The Morgan fingerprint density at radius 2 is 2.23 bits per heavy atom. The first-order valence-electron chi connectivity index (χ1n) is 9.27. The number of anilines is 2. The molecule has 1 atom stereocenters. The van der Waals surface area contributed by atoms with Crippen molar-refractivity contribution in [3.63, 3.8) is 0 Å². The first kappa shape index (κ1) is 18.4. The molecule has 140 valence electrons. The van der Waals surface area contributed by atoms with E-state index in [1.165, 1.54) is 6.07 Å². The number of amides is 1. The van der Waals surface area contributed by atoms with Gasteiger partial charge in [0.1, 0.15) is 5.82 Å². The molecule has 6 heteroatoms. The number of nitrogens with zero attached hydrogens (tertiary/aromatic N) is 3. The summed E-state index contributed by atoms with van der Waals surface area (Å²) in [7, 11) is 1.85. The normalized spacial score (nSPS) is 17.1. The average Bonchev–Trinajstić information content (AvgIpc) is 3.22. The topological polar surface area (TPSA) is 50.2 Å². The predicted molar refractivity (Wildman–Crippen MR) is 102 cm³/mol. The lowest BCUT2D eigenvalue weighted by molar-refractivity contribution is -0.116. The first-order valence-corrected chi connectivity index (χ1v) is 9.27. The number of aryl methyl sites for hydroxylation is 2. The van der Waals surface area contributed by atoms with Gasteiger partial charge in [0, 0.05) is 37.9 Å². The van der Waals surface area contributed by atoms with E-state index in [-0.39, 0.29) is 11.7 Å². The summed E-state index contributed by atoms with van der Waals surface area (Å²) < 4.78 is 16.4. The minimum absolute atomic E-state index is 0.123. The van der Waals surface area contributed by atoms with Crippen molar-refractivity contribution in [2.45, 2.75) is 45.6 Å². The molecule has 2 heterocycles. The fraction of sp³-hybridized carbons (Fsp3) is 0.500. The Morgan fingerprint density at radius 3 is 2.88 bits per heavy atom. The van der Waals surface area contributed by atoms with Gasteiger partial charge >= 0.3 is 0 Å². The van der Waals surface area contributed by atoms with Crippen LogP contribution in [0.1, 0.15) is 38.7 Å². The summed E-state index contributed by atoms with van der Waals surface area (Å²) in [5.41, 5.74) is 2.15. The van der Waals surface area contributed by atoms with Crippen molar-refractivity contribution in [3.05, 3.63) is 42.0 Å². The summed E-state index contributed by atoms with van der Waals surface area (Å²) in [6.07, 6.45) is 6.80. The second-order valence-corrected chi connectivity index (χ2v) is 7.38. The van der Waals surface area contributed by atoms with Gasteiger partial charge in [-0.1, -0.05) is 13.8 Å². The van der Waals surface area contributed by atoms with Crippen molar-refractivity contribution < 1.29 is 9.18 Å². The molecule has 2 aromatic rings. The van der Waals surface area contributed by atoms with Gasteiger partial charge in [-0.25, -0.2) is 4.39 Å². The molecule has 1 aromatic carbocycles. The van der Waals surface area contributed by atoms with Crippen molar-refractivity contribution in [2.24, 2.45) is 13.0 Å². The molecular formula is C20H27FN4O. The number of rotatable bonds is 6. The molecule has 1 aliphatic heterocycles. The zero-order valence-corrected chi connectivity index (χ0v) is 15.7. The molecule has 1 saturated heterocycles. The predicted octanol–water partition coefficient (Wildman–Crippen LogP) is 3.76. The number of benzene rings is 1. The van der Waals surface area contributed by atoms with E-state index in [4.69, 9.17) is 0 Å². The molecule has 1 fully saturated rings. The van der Waals surface area contributed by atoms with Gasteiger partial charge in [-0.3, -0.25) is 9.48 Å². The van der Waals surface area contributed by atoms with Gasteiger partial charge in [0.05, 0.1) is 11.9 Å². The third-order valence-corrected chi connectivity index (χ3v) is 5.01. The van der Waals surface area contributed by atoms with Crippen LogP contribution in [-0.4, -0.2) is 28.3 Å². The van der Waals surface area contributed by atoms with Crippen molar-refractivity contribution in [2.75, 3.05) is 16.8 Å². The van der Waals surface area contributed by atoms with Crippen molar-refractivity contribution in [3.8, 4) is 0 Å². The lowest BCUT2D eigenvalue weighted by atomic mass is 10.0. The molecule has 0 saturated carbocycles. The second kappa shape index (κ2) is 7.89. The zero-order chi connectivity index (χ0) is 18.7. The molecular weight excluding hydrogens is 331 g/mol. The standard InChI is InChI=1S/C20H27FN4O/c1-14(2)18-5-4-10-25(18)19-8-7-16(11-17(19)21)23-20(26)9-6-15-12-22-24(3)13-15/h7-8,11-14,18H,4-6,9-10H2,1-3H3,(H,23,26). The Kier molecular flexibility index (Phi) is 5.59. The lowest BCUT2D eigenvalue weighted by Gasteiger charge is -2.30. The highest BCUT2D eigenvalue weighted by atomic mass is 19.1. The van der Waals surface area contributed by atoms with Gasteiger partial charge in [0.25, 0.3) is 0 Å². The third kappa shape index (κ3) is 4.23. The van der Waals surface area contributed by atoms with E-state index in [2.05, 4.69) is 29.2 Å². The third-order valence-electron chi connectivity index (χ3n) is 5.01. The monoisotopic (exact) mass is 358 g/mol. The number of carbonyl (C=O) groups excluding carboxylic acids is 1. The van der Waals surface area contributed by atoms with Crippen LogP contribution in [0.3, 0.4) is 0 Å². The molecule has 3 rings (SSSR count). The number of halogens is 1. The molecule has 0 spiro atoms. The van der Waals surface area contributed by atoms with E-state index in [1.54, 1.807) is 23.0 Å². The van der Waals surface area contributed by atoms with E-state index in [0.717, 1.165) is 24.9 Å². The minimum Gasteiger partial charge on any atom is -0.366 e. The number of hydrogen-bond acceptors (Lipinski definition) is 3. The number of hydrogen-bond donors (Lipinski definition) is 1. The molecule has 1 unspecified atom stereocenters. The maximum Gasteiger partial charge on any atom is 0.224 e. The zero-order valence-electron chi connectivity index (χ0n) is 15.7. The molecule has 1 N–H and O–H groups in total. The van der Waals surface area contributed by atoms with Gasteiger partial charge in [0.15, 0.2) is 0 Å². The van der Waals surface area contributed by atoms with Crippen molar-refractivity contribution in [1.82, 2.24) is 9.78 Å². The van der Waals surface area contributed by atoms with Crippen LogP contribution in [0, 0.1) is 11.7 Å². The largest absolute Gasteiger partial charge is 0.366 e. The summed E-state index contributed by atoms with van der Waals surface area (Å²) >= 11 is 0. The Labute approximate surface area is 154 Å². The van der Waals surface area contributed by atoms with E-state index in [0.29, 0.717) is 36.2 Å². The Hall–Kier alpha value is -2.37. The van der Waals surface area contributed by atoms with Crippen LogP contribution >= 0.6 is 0 Å². The second-order valence-electron chi connectivity index (χ2n) is 7.38. The molecule has 26 heavy (non-hydrogen) atoms. The molecule has 5 nitrogen and oxygen atoms in total. The van der Waals surface area contributed by atoms with Gasteiger partial charge in [-0.2, -0.15) is 5.10 Å². The SMILES string of the molecule is CC(C)C1CCCN1c1ccc(NC(=O)CCc2cnn(C)c2)cc1F. The number of nitrogens with one attached hydrogen (secondary N) is 1. The number of carbonyl (C=O) groups is 1. The van der Waals surface area contributed by atoms with Crippen molar-refractivity contribution >= 4 is 17.3 Å². The molecule has 1 amide bonds. The summed E-state index contributed by atoms with van der Waals surface area (Å²) in [4.78, 5) is 14.3. The molecule has 0 bridgehead atoms. The van der Waals surface area contributed by atoms with Crippen LogP contribution in [0.2, 0.25) is 0 Å². The van der Waals surface area contributed by atoms with Crippen LogP contribution in [0.15, 0.2) is 30.6 Å². The average molecular weight is 358 g/mol. The molecule has 1 aliphatic rings. The van der Waals surface area contributed by atoms with Crippen LogP contribution in [-0.2, 0) is 18.3 Å². The van der Waals surface area contributed by atoms with Crippen LogP contribution in [0.25, 0.3) is 0 Å². The summed E-state index contributed by atoms with van der Waals surface area (Å²) in [6.45, 7) is 5.24. The van der Waals surface area contributed by atoms with Crippen LogP contribution in [0.5, 0.6) is 0 Å². The minimum atomic E-state index is -0.275. The maximum absolute atomic E-state index is 14.6. The summed E-state index contributed by atoms with van der Waals surface area (Å²) in [5.74, 6) is 0.0913. The van der Waals surface area contributed by atoms with E-state index >= 15 is 0 Å². The van der Waals surface area contributed by atoms with Gasteiger partial charge < -0.3 is 10.2 Å². The fourth-order valence-corrected chi connectivity index (χ4v) is 3.68.